The molecule has 3 nitrogen and oxygen atoms in total. The van der Waals surface area contributed by atoms with E-state index < -0.39 is 11.0 Å². The van der Waals surface area contributed by atoms with Gasteiger partial charge in [0.15, 0.2) is 0 Å². The van der Waals surface area contributed by atoms with Crippen LogP contribution in [0.1, 0.15) is 35.2 Å². The van der Waals surface area contributed by atoms with Crippen LogP contribution < -0.4 is 0 Å². The van der Waals surface area contributed by atoms with E-state index in [-0.39, 0.29) is 0 Å². The van der Waals surface area contributed by atoms with Gasteiger partial charge in [-0.1, -0.05) is 91.0 Å². The van der Waals surface area contributed by atoms with Crippen molar-refractivity contribution in [1.29, 1.82) is 0 Å². The molecular weight excluding hydrogens is 356 g/mol. The highest BCUT2D eigenvalue weighted by Crippen LogP contribution is 2.47. The number of carbonyl (C=O) groups is 1. The zero-order valence-corrected chi connectivity index (χ0v) is 16.1. The third kappa shape index (κ3) is 2.73. The van der Waals surface area contributed by atoms with Crippen LogP contribution in [-0.4, -0.2) is 15.8 Å². The molecule has 0 unspecified atom stereocenters. The topological polar surface area (TPSA) is 34.9 Å². The van der Waals surface area contributed by atoms with Crippen LogP contribution in [0.2, 0.25) is 0 Å². The number of hydrogen-bond acceptors (Lipinski definition) is 2. The number of imidazole rings is 1. The highest BCUT2D eigenvalue weighted by Gasteiger charge is 2.47. The molecule has 0 N–H and O–H groups in total. The molecule has 1 aliphatic rings. The molecule has 142 valence electrons. The SMILES string of the molecule is O=CC1(c2cn(C(c3ccccc3)(c3ccccc3)c3ccccc3)cn2)CC1. The van der Waals surface area contributed by atoms with Gasteiger partial charge in [0.2, 0.25) is 0 Å². The van der Waals surface area contributed by atoms with E-state index >= 15 is 0 Å². The van der Waals surface area contributed by atoms with Gasteiger partial charge in [0.25, 0.3) is 0 Å². The lowest BCUT2D eigenvalue weighted by atomic mass is 9.76. The summed E-state index contributed by atoms with van der Waals surface area (Å²) >= 11 is 0. The zero-order valence-electron chi connectivity index (χ0n) is 16.1. The summed E-state index contributed by atoms with van der Waals surface area (Å²) in [7, 11) is 0. The van der Waals surface area contributed by atoms with Crippen LogP contribution in [0.3, 0.4) is 0 Å². The van der Waals surface area contributed by atoms with E-state index in [1.165, 1.54) is 0 Å². The van der Waals surface area contributed by atoms with Gasteiger partial charge in [-0.2, -0.15) is 0 Å². The fraction of sp³-hybridized carbons (Fsp3) is 0.154. The first-order valence-corrected chi connectivity index (χ1v) is 9.97. The Morgan fingerprint density at radius 1 is 0.759 bits per heavy atom. The normalized spacial score (nSPS) is 15.0. The van der Waals surface area contributed by atoms with Crippen molar-refractivity contribution in [3.8, 4) is 0 Å². The van der Waals surface area contributed by atoms with Crippen LogP contribution in [0, 0.1) is 0 Å². The quantitative estimate of drug-likeness (QED) is 0.351. The Hall–Kier alpha value is -3.46. The van der Waals surface area contributed by atoms with Gasteiger partial charge in [-0.05, 0) is 29.5 Å². The third-order valence-electron chi connectivity index (χ3n) is 6.07. The minimum absolute atomic E-state index is 0.402. The molecule has 1 aromatic heterocycles. The Labute approximate surface area is 170 Å². The van der Waals surface area contributed by atoms with Crippen molar-refractivity contribution in [2.75, 3.05) is 0 Å². The molecule has 29 heavy (non-hydrogen) atoms. The summed E-state index contributed by atoms with van der Waals surface area (Å²) in [4.78, 5) is 16.4. The fourth-order valence-corrected chi connectivity index (χ4v) is 4.32. The van der Waals surface area contributed by atoms with Crippen LogP contribution in [0.5, 0.6) is 0 Å². The largest absolute Gasteiger partial charge is 0.319 e. The van der Waals surface area contributed by atoms with Crippen molar-refractivity contribution in [3.63, 3.8) is 0 Å². The summed E-state index contributed by atoms with van der Waals surface area (Å²) in [5.41, 5.74) is 3.33. The first kappa shape index (κ1) is 17.6. The number of carbonyl (C=O) groups excluding carboxylic acids is 1. The molecule has 0 bridgehead atoms. The Morgan fingerprint density at radius 2 is 1.21 bits per heavy atom. The Bertz CT molecular complexity index is 1020. The average Bonchev–Trinajstić information content (AvgIpc) is 3.45. The van der Waals surface area contributed by atoms with Crippen molar-refractivity contribution in [3.05, 3.63) is 126 Å². The van der Waals surface area contributed by atoms with Crippen molar-refractivity contribution < 1.29 is 4.79 Å². The van der Waals surface area contributed by atoms with E-state index in [0.29, 0.717) is 0 Å². The van der Waals surface area contributed by atoms with E-state index in [1.54, 1.807) is 0 Å². The third-order valence-corrected chi connectivity index (χ3v) is 6.07. The molecular formula is C26H22N2O. The molecule has 3 aromatic carbocycles. The van der Waals surface area contributed by atoms with Crippen LogP contribution in [-0.2, 0) is 15.7 Å². The molecule has 0 amide bonds. The molecule has 0 atom stereocenters. The Morgan fingerprint density at radius 3 is 1.59 bits per heavy atom. The zero-order chi connectivity index (χ0) is 19.7. The van der Waals surface area contributed by atoms with Gasteiger partial charge in [-0.15, -0.1) is 0 Å². The molecule has 1 saturated carbocycles. The van der Waals surface area contributed by atoms with Gasteiger partial charge >= 0.3 is 0 Å². The van der Waals surface area contributed by atoms with Crippen molar-refractivity contribution in [2.45, 2.75) is 23.8 Å². The van der Waals surface area contributed by atoms with Crippen LogP contribution in [0.25, 0.3) is 0 Å². The summed E-state index contributed by atoms with van der Waals surface area (Å²) in [6.07, 6.45) is 6.76. The number of aromatic nitrogens is 2. The summed E-state index contributed by atoms with van der Waals surface area (Å²) in [6, 6.07) is 31.5. The monoisotopic (exact) mass is 378 g/mol. The molecule has 1 fully saturated rings. The first-order chi connectivity index (χ1) is 14.3. The van der Waals surface area contributed by atoms with Gasteiger partial charge in [-0.3, -0.25) is 0 Å². The Balaban J connectivity index is 1.83. The predicted octanol–water partition coefficient (Wildman–Crippen LogP) is 4.95. The lowest BCUT2D eigenvalue weighted by molar-refractivity contribution is -0.109. The van der Waals surface area contributed by atoms with Crippen molar-refractivity contribution >= 4 is 6.29 Å². The van der Waals surface area contributed by atoms with Gasteiger partial charge in [0, 0.05) is 6.20 Å². The maximum Gasteiger partial charge on any atom is 0.132 e. The summed E-state index contributed by atoms with van der Waals surface area (Å²) < 4.78 is 2.17. The predicted molar refractivity (Wildman–Crippen MR) is 114 cm³/mol. The Kier molecular flexibility index (Phi) is 4.17. The van der Waals surface area contributed by atoms with E-state index in [0.717, 1.165) is 41.5 Å². The lowest BCUT2D eigenvalue weighted by Gasteiger charge is -2.37. The number of rotatable bonds is 6. The van der Waals surface area contributed by atoms with E-state index in [4.69, 9.17) is 4.98 Å². The highest BCUT2D eigenvalue weighted by atomic mass is 16.1. The summed E-state index contributed by atoms with van der Waals surface area (Å²) in [5.74, 6) is 0. The molecule has 1 heterocycles. The number of aldehydes is 1. The maximum atomic E-state index is 11.7. The maximum absolute atomic E-state index is 11.7. The summed E-state index contributed by atoms with van der Waals surface area (Å²) in [6.45, 7) is 0. The van der Waals surface area contributed by atoms with Gasteiger partial charge in [-0.25, -0.2) is 4.98 Å². The van der Waals surface area contributed by atoms with Crippen LogP contribution in [0.4, 0.5) is 0 Å². The standard InChI is InChI=1S/C26H22N2O/c29-19-25(16-17-25)24-18-28(20-27-24)26(21-10-4-1-5-11-21,22-12-6-2-7-13-22)23-14-8-3-9-15-23/h1-15,18-20H,16-17H2. The number of hydrogen-bond donors (Lipinski definition) is 0. The van der Waals surface area contributed by atoms with Gasteiger partial charge in [0.1, 0.15) is 11.8 Å². The lowest BCUT2D eigenvalue weighted by Crippen LogP contribution is -2.37. The molecule has 1 aliphatic carbocycles. The fourth-order valence-electron chi connectivity index (χ4n) is 4.32. The van der Waals surface area contributed by atoms with Crippen molar-refractivity contribution in [2.24, 2.45) is 0 Å². The van der Waals surface area contributed by atoms with Gasteiger partial charge < -0.3 is 9.36 Å². The number of nitrogens with zero attached hydrogens (tertiary/aromatic N) is 2. The molecule has 3 heteroatoms. The van der Waals surface area contributed by atoms with Crippen LogP contribution in [0.15, 0.2) is 104 Å². The molecule has 4 aromatic rings. The van der Waals surface area contributed by atoms with Gasteiger partial charge in [0.05, 0.1) is 17.4 Å². The minimum atomic E-state index is -0.575. The van der Waals surface area contributed by atoms with E-state index in [9.17, 15) is 4.79 Å². The number of benzene rings is 3. The smallest absolute Gasteiger partial charge is 0.132 e. The average molecular weight is 378 g/mol. The highest BCUT2D eigenvalue weighted by molar-refractivity contribution is 5.71. The van der Waals surface area contributed by atoms with Crippen molar-refractivity contribution in [1.82, 2.24) is 9.55 Å². The second-order valence-electron chi connectivity index (χ2n) is 7.75. The molecule has 0 saturated heterocycles. The second-order valence-corrected chi connectivity index (χ2v) is 7.75. The molecule has 0 radical (unpaired) electrons. The summed E-state index contributed by atoms with van der Waals surface area (Å²) in [5, 5.41) is 0. The molecule has 0 aliphatic heterocycles. The first-order valence-electron chi connectivity index (χ1n) is 9.97. The molecule has 5 rings (SSSR count). The second kappa shape index (κ2) is 6.85. The minimum Gasteiger partial charge on any atom is -0.319 e. The van der Waals surface area contributed by atoms with E-state index in [1.807, 2.05) is 24.5 Å². The van der Waals surface area contributed by atoms with E-state index in [2.05, 4.69) is 83.6 Å². The van der Waals surface area contributed by atoms with Crippen LogP contribution >= 0.6 is 0 Å². The molecule has 0 spiro atoms.